The van der Waals surface area contributed by atoms with E-state index in [1.807, 2.05) is 60.7 Å². The quantitative estimate of drug-likeness (QED) is 0.482. The van der Waals surface area contributed by atoms with Crippen LogP contribution in [-0.2, 0) is 0 Å². The molecule has 0 unspecified atom stereocenters. The lowest BCUT2D eigenvalue weighted by atomic mass is 9.99. The average Bonchev–Trinajstić information content (AvgIpc) is 3.31. The first-order valence-corrected chi connectivity index (χ1v) is 7.73. The molecule has 0 fully saturated rings. The molecule has 0 aromatic heterocycles. The lowest BCUT2D eigenvalue weighted by Crippen LogP contribution is -1.85. The van der Waals surface area contributed by atoms with Gasteiger partial charge in [-0.05, 0) is 41.8 Å². The molecule has 0 heterocycles. The molecule has 0 radical (unpaired) electrons. The van der Waals surface area contributed by atoms with E-state index >= 15 is 0 Å². The third-order valence-corrected chi connectivity index (χ3v) is 3.76. The van der Waals surface area contributed by atoms with Gasteiger partial charge in [-0.25, -0.2) is 0 Å². The van der Waals surface area contributed by atoms with Crippen LogP contribution in [0.1, 0.15) is 11.1 Å². The third-order valence-electron chi connectivity index (χ3n) is 3.76. The van der Waals surface area contributed by atoms with Crippen LogP contribution in [0.3, 0.4) is 0 Å². The van der Waals surface area contributed by atoms with Crippen molar-refractivity contribution in [1.29, 1.82) is 0 Å². The van der Waals surface area contributed by atoms with E-state index < -0.39 is 0 Å². The summed E-state index contributed by atoms with van der Waals surface area (Å²) in [5, 5.41) is 2.24. The fourth-order valence-electron chi connectivity index (χ4n) is 2.63. The van der Waals surface area contributed by atoms with Crippen LogP contribution in [0.25, 0.3) is 10.8 Å². The van der Waals surface area contributed by atoms with Gasteiger partial charge in [0.2, 0.25) is 0 Å². The van der Waals surface area contributed by atoms with E-state index in [4.69, 9.17) is 0 Å². The van der Waals surface area contributed by atoms with Crippen LogP contribution in [0.5, 0.6) is 0 Å². The minimum atomic E-state index is 0.905. The second-order valence-corrected chi connectivity index (χ2v) is 5.38. The standard InChI is InChI=1S/C24H12/c1-2-8-19(7-1)15-17-22-13-5-11-21-12-6-14-23(24(21)22)18-16-20-9-3-4-10-20/h1-7,9,11-14H. The Morgan fingerprint density at radius 3 is 1.62 bits per heavy atom. The maximum Gasteiger partial charge on any atom is 0.0667 e. The molecule has 2 aromatic rings. The van der Waals surface area contributed by atoms with Gasteiger partial charge in [-0.15, -0.1) is 11.5 Å². The molecule has 0 heteroatoms. The zero-order valence-corrected chi connectivity index (χ0v) is 12.9. The number of rotatable bonds is 0. The van der Waals surface area contributed by atoms with Gasteiger partial charge in [-0.2, -0.15) is 0 Å². The van der Waals surface area contributed by atoms with E-state index in [1.54, 1.807) is 0 Å². The Bertz CT molecular complexity index is 1070. The van der Waals surface area contributed by atoms with E-state index in [1.165, 1.54) is 0 Å². The van der Waals surface area contributed by atoms with Gasteiger partial charge < -0.3 is 0 Å². The Kier molecular flexibility index (Phi) is 3.62. The first-order valence-electron chi connectivity index (χ1n) is 7.73. The smallest absolute Gasteiger partial charge is 0.0667 e. The lowest BCUT2D eigenvalue weighted by molar-refractivity contribution is 1.66. The summed E-state index contributed by atoms with van der Waals surface area (Å²) in [7, 11) is 0. The summed E-state index contributed by atoms with van der Waals surface area (Å²) in [5.74, 6) is 12.9. The van der Waals surface area contributed by atoms with E-state index in [-0.39, 0.29) is 0 Å². The van der Waals surface area contributed by atoms with Crippen molar-refractivity contribution in [1.82, 2.24) is 0 Å². The summed E-state index contributed by atoms with van der Waals surface area (Å²) in [4.78, 5) is 0. The van der Waals surface area contributed by atoms with Gasteiger partial charge >= 0.3 is 0 Å². The summed E-state index contributed by atoms with van der Waals surface area (Å²) >= 11 is 0. The molecule has 2 aliphatic carbocycles. The van der Waals surface area contributed by atoms with Gasteiger partial charge in [0.05, 0.1) is 11.1 Å². The van der Waals surface area contributed by atoms with Gasteiger partial charge in [-0.3, -0.25) is 0 Å². The van der Waals surface area contributed by atoms with E-state index in [2.05, 4.69) is 47.3 Å². The predicted molar refractivity (Wildman–Crippen MR) is 99.2 cm³/mol. The normalized spacial score (nSPS) is 13.3. The van der Waals surface area contributed by atoms with E-state index in [0.717, 1.165) is 33.0 Å². The van der Waals surface area contributed by atoms with Crippen LogP contribution in [0.2, 0.25) is 0 Å². The van der Waals surface area contributed by atoms with E-state index in [9.17, 15) is 0 Å². The topological polar surface area (TPSA) is 0 Å². The van der Waals surface area contributed by atoms with Crippen LogP contribution in [-0.4, -0.2) is 0 Å². The minimum Gasteiger partial charge on any atom is -0.104 e. The summed E-state index contributed by atoms with van der Waals surface area (Å²) < 4.78 is 0. The molecule has 2 aromatic carbocycles. The van der Waals surface area contributed by atoms with Crippen molar-refractivity contribution >= 4 is 10.8 Å². The van der Waals surface area contributed by atoms with Crippen molar-refractivity contribution in [2.75, 3.05) is 0 Å². The van der Waals surface area contributed by atoms with Gasteiger partial charge in [-0.1, -0.05) is 60.1 Å². The van der Waals surface area contributed by atoms with Crippen molar-refractivity contribution < 1.29 is 0 Å². The summed E-state index contributed by atoms with van der Waals surface area (Å²) in [5.41, 5.74) is 9.99. The Morgan fingerprint density at radius 2 is 1.17 bits per heavy atom. The molecule has 0 spiro atoms. The molecule has 0 atom stereocenters. The van der Waals surface area contributed by atoms with Crippen molar-refractivity contribution in [2.24, 2.45) is 0 Å². The fourth-order valence-corrected chi connectivity index (χ4v) is 2.63. The minimum absolute atomic E-state index is 0.905. The number of hydrogen-bond acceptors (Lipinski definition) is 0. The van der Waals surface area contributed by atoms with Gasteiger partial charge in [0, 0.05) is 16.5 Å². The monoisotopic (exact) mass is 300 g/mol. The zero-order chi connectivity index (χ0) is 16.2. The van der Waals surface area contributed by atoms with Crippen molar-refractivity contribution in [3.05, 3.63) is 107 Å². The van der Waals surface area contributed by atoms with Crippen molar-refractivity contribution in [3.63, 3.8) is 0 Å². The largest absolute Gasteiger partial charge is 0.104 e. The highest BCUT2D eigenvalue weighted by atomic mass is 14.1. The highest BCUT2D eigenvalue weighted by Crippen LogP contribution is 2.22. The molecule has 0 N–H and O–H groups in total. The number of benzene rings is 2. The van der Waals surface area contributed by atoms with E-state index in [0.29, 0.717) is 0 Å². The summed E-state index contributed by atoms with van der Waals surface area (Å²) in [6.07, 6.45) is 11.6. The molecular formula is C24H12. The average molecular weight is 300 g/mol. The van der Waals surface area contributed by atoms with Crippen LogP contribution >= 0.6 is 0 Å². The predicted octanol–water partition coefficient (Wildman–Crippen LogP) is 4.85. The molecule has 0 bridgehead atoms. The second-order valence-electron chi connectivity index (χ2n) is 5.38. The first kappa shape index (κ1) is 14.0. The van der Waals surface area contributed by atoms with Crippen molar-refractivity contribution in [2.45, 2.75) is 0 Å². The molecule has 108 valence electrons. The Labute approximate surface area is 141 Å². The molecule has 2 aliphatic rings. The lowest BCUT2D eigenvalue weighted by Gasteiger charge is -2.03. The first-order chi connectivity index (χ1) is 11.9. The summed E-state index contributed by atoms with van der Waals surface area (Å²) in [6.45, 7) is 0. The molecule has 0 nitrogen and oxygen atoms in total. The maximum absolute atomic E-state index is 3.27. The number of hydrogen-bond donors (Lipinski definition) is 0. The second kappa shape index (κ2) is 6.22. The Morgan fingerprint density at radius 1 is 0.625 bits per heavy atom. The molecule has 0 amide bonds. The molecule has 24 heavy (non-hydrogen) atoms. The maximum atomic E-state index is 3.27. The number of allylic oxidation sites excluding steroid dienone is 6. The van der Waals surface area contributed by atoms with Gasteiger partial charge in [0.15, 0.2) is 0 Å². The van der Waals surface area contributed by atoms with Gasteiger partial charge in [0.1, 0.15) is 0 Å². The summed E-state index contributed by atoms with van der Waals surface area (Å²) in [6, 6.07) is 12.3. The molecule has 0 saturated heterocycles. The van der Waals surface area contributed by atoms with Crippen LogP contribution in [0, 0.1) is 23.7 Å². The molecule has 4 rings (SSSR count). The highest BCUT2D eigenvalue weighted by molar-refractivity contribution is 5.93. The fraction of sp³-hybridized carbons (Fsp3) is 0. The Hall–Kier alpha value is -3.66. The zero-order valence-electron chi connectivity index (χ0n) is 12.9. The molecule has 0 aliphatic heterocycles. The van der Waals surface area contributed by atoms with Crippen LogP contribution in [0.4, 0.5) is 0 Å². The SMILES string of the molecule is C1=CC=CC=1C#Cc1cccc2cccc(C#CC3=C=CC=C3)c12. The number of fused-ring (bicyclic) bond motifs is 1. The molecular weight excluding hydrogens is 288 g/mol. The van der Waals surface area contributed by atoms with Gasteiger partial charge in [0.25, 0.3) is 0 Å². The Balaban J connectivity index is 1.85. The molecule has 0 saturated carbocycles. The van der Waals surface area contributed by atoms with Crippen LogP contribution in [0.15, 0.2) is 95.5 Å². The van der Waals surface area contributed by atoms with Crippen molar-refractivity contribution in [3.8, 4) is 23.7 Å². The highest BCUT2D eigenvalue weighted by Gasteiger charge is 2.03. The third kappa shape index (κ3) is 2.80. The van der Waals surface area contributed by atoms with Crippen LogP contribution < -0.4 is 0 Å².